The summed E-state index contributed by atoms with van der Waals surface area (Å²) in [4.78, 5) is 24.2. The summed E-state index contributed by atoms with van der Waals surface area (Å²) in [5.41, 5.74) is 6.75. The topological polar surface area (TPSA) is 128 Å². The summed E-state index contributed by atoms with van der Waals surface area (Å²) in [5.74, 6) is 1.57. The molecule has 1 aromatic carbocycles. The molecule has 3 aromatic rings. The summed E-state index contributed by atoms with van der Waals surface area (Å²) in [6.07, 6.45) is 3.54. The largest absolute Gasteiger partial charge is 0.493 e. The SMILES string of the molecule is CC(C)COc1cc(F)cc(-c2ccc(C(=O)NS(=O)(=O)c3cccc(N)n3)c(N3CC4C5CCC(C5)C43)n2)c1.[HH].[HH].[HH]. The van der Waals surface area contributed by atoms with Crippen molar-refractivity contribution in [3.8, 4) is 17.0 Å². The molecule has 40 heavy (non-hydrogen) atoms. The van der Waals surface area contributed by atoms with Gasteiger partial charge in [-0.25, -0.2) is 19.1 Å². The zero-order chi connectivity index (χ0) is 28.2. The maximum Gasteiger partial charge on any atom is 0.281 e. The number of pyridine rings is 2. The van der Waals surface area contributed by atoms with Crippen molar-refractivity contribution in [3.05, 3.63) is 59.9 Å². The van der Waals surface area contributed by atoms with Crippen LogP contribution in [0, 0.1) is 29.5 Å². The first kappa shape index (κ1) is 26.5. The van der Waals surface area contributed by atoms with Crippen molar-refractivity contribution in [2.45, 2.75) is 44.2 Å². The Kier molecular flexibility index (Phi) is 6.64. The Morgan fingerprint density at radius 1 is 1.18 bits per heavy atom. The van der Waals surface area contributed by atoms with E-state index in [4.69, 9.17) is 15.5 Å². The van der Waals surface area contributed by atoms with Crippen molar-refractivity contribution in [1.29, 1.82) is 0 Å². The van der Waals surface area contributed by atoms with E-state index in [1.165, 1.54) is 43.2 Å². The zero-order valence-electron chi connectivity index (χ0n) is 22.4. The number of halogens is 1. The molecule has 3 aliphatic rings. The summed E-state index contributed by atoms with van der Waals surface area (Å²) >= 11 is 0. The lowest BCUT2D eigenvalue weighted by molar-refractivity contribution is 0.0980. The fourth-order valence-electron chi connectivity index (χ4n) is 6.43. The van der Waals surface area contributed by atoms with Gasteiger partial charge in [-0.3, -0.25) is 4.79 Å². The average molecular weight is 572 g/mol. The van der Waals surface area contributed by atoms with Crippen LogP contribution >= 0.6 is 0 Å². The van der Waals surface area contributed by atoms with Gasteiger partial charge in [0.2, 0.25) is 0 Å². The molecule has 0 radical (unpaired) electrons. The molecule has 2 aliphatic carbocycles. The van der Waals surface area contributed by atoms with E-state index < -0.39 is 21.7 Å². The first-order chi connectivity index (χ1) is 19.1. The number of aromatic nitrogens is 2. The molecule has 0 spiro atoms. The third kappa shape index (κ3) is 4.87. The molecule has 3 fully saturated rings. The molecule has 3 N–H and O–H groups in total. The van der Waals surface area contributed by atoms with Gasteiger partial charge in [-0.2, -0.15) is 8.42 Å². The monoisotopic (exact) mass is 571 g/mol. The van der Waals surface area contributed by atoms with Crippen LogP contribution in [0.5, 0.6) is 5.75 Å². The van der Waals surface area contributed by atoms with Crippen LogP contribution in [0.25, 0.3) is 11.3 Å². The highest BCUT2D eigenvalue weighted by Crippen LogP contribution is 2.56. The van der Waals surface area contributed by atoms with Gasteiger partial charge in [0.1, 0.15) is 23.2 Å². The molecule has 2 aromatic heterocycles. The summed E-state index contributed by atoms with van der Waals surface area (Å²) in [6, 6.07) is 12.0. The minimum Gasteiger partial charge on any atom is -0.493 e. The van der Waals surface area contributed by atoms with Gasteiger partial charge in [-0.15, -0.1) is 0 Å². The highest BCUT2D eigenvalue weighted by molar-refractivity contribution is 7.90. The third-order valence-electron chi connectivity index (χ3n) is 8.20. The number of amides is 1. The molecule has 4 unspecified atom stereocenters. The van der Waals surface area contributed by atoms with Crippen molar-refractivity contribution in [1.82, 2.24) is 14.7 Å². The van der Waals surface area contributed by atoms with Crippen LogP contribution in [0.2, 0.25) is 0 Å². The minimum absolute atomic E-state index is 0. The van der Waals surface area contributed by atoms with Crippen LogP contribution in [-0.4, -0.2) is 43.5 Å². The second kappa shape index (κ2) is 10.0. The number of hydrogen-bond donors (Lipinski definition) is 2. The van der Waals surface area contributed by atoms with Crippen LogP contribution < -0.4 is 20.1 Å². The number of carbonyl (C=O) groups excluding carboxylic acids is 1. The van der Waals surface area contributed by atoms with E-state index in [9.17, 15) is 17.6 Å². The lowest BCUT2D eigenvalue weighted by Crippen LogP contribution is -2.59. The number of rotatable bonds is 8. The van der Waals surface area contributed by atoms with E-state index in [2.05, 4.69) is 14.6 Å². The van der Waals surface area contributed by atoms with Crippen molar-refractivity contribution in [3.63, 3.8) is 0 Å². The highest BCUT2D eigenvalue weighted by atomic mass is 32.2. The lowest BCUT2D eigenvalue weighted by atomic mass is 9.76. The van der Waals surface area contributed by atoms with E-state index in [0.29, 0.717) is 47.2 Å². The number of nitrogens with zero attached hydrogens (tertiary/aromatic N) is 3. The van der Waals surface area contributed by atoms with Crippen molar-refractivity contribution >= 4 is 27.6 Å². The van der Waals surface area contributed by atoms with E-state index in [1.54, 1.807) is 18.2 Å². The first-order valence-corrected chi connectivity index (χ1v) is 15.1. The number of ether oxygens (including phenoxy) is 1. The molecule has 1 amide bonds. The van der Waals surface area contributed by atoms with Gasteiger partial charge < -0.3 is 15.4 Å². The molecule has 11 heteroatoms. The number of nitrogens with two attached hydrogens (primary N) is 1. The first-order valence-electron chi connectivity index (χ1n) is 13.6. The lowest BCUT2D eigenvalue weighted by Gasteiger charge is -2.51. The molecule has 1 aliphatic heterocycles. The second-order valence-corrected chi connectivity index (χ2v) is 13.1. The Balaban J connectivity index is 0.00000169. The minimum atomic E-state index is -4.28. The molecule has 6 rings (SSSR count). The van der Waals surface area contributed by atoms with Gasteiger partial charge in [0.05, 0.1) is 17.9 Å². The number of carbonyl (C=O) groups is 1. The van der Waals surface area contributed by atoms with Crippen LogP contribution in [0.1, 0.15) is 47.7 Å². The molecule has 3 heterocycles. The predicted molar refractivity (Wildman–Crippen MR) is 155 cm³/mol. The third-order valence-corrected chi connectivity index (χ3v) is 9.43. The van der Waals surface area contributed by atoms with Gasteiger partial charge in [0.25, 0.3) is 15.9 Å². The fourth-order valence-corrected chi connectivity index (χ4v) is 7.38. The molecule has 4 atom stereocenters. The van der Waals surface area contributed by atoms with E-state index >= 15 is 0 Å². The van der Waals surface area contributed by atoms with E-state index in [1.807, 2.05) is 13.8 Å². The number of anilines is 2. The quantitative estimate of drug-likeness (QED) is 0.387. The van der Waals surface area contributed by atoms with Crippen molar-refractivity contribution < 1.29 is 26.6 Å². The van der Waals surface area contributed by atoms with Gasteiger partial charge in [-0.1, -0.05) is 19.9 Å². The van der Waals surface area contributed by atoms with Gasteiger partial charge in [-0.05, 0) is 79.3 Å². The summed E-state index contributed by atoms with van der Waals surface area (Å²) < 4.78 is 48.4. The predicted octanol–water partition coefficient (Wildman–Crippen LogP) is 4.99. The number of nitrogens with one attached hydrogen (secondary N) is 1. The summed E-state index contributed by atoms with van der Waals surface area (Å²) in [7, 11) is -4.28. The van der Waals surface area contributed by atoms with Crippen molar-refractivity contribution in [2.24, 2.45) is 23.7 Å². The molecule has 9 nitrogen and oxygen atoms in total. The number of sulfonamides is 1. The van der Waals surface area contributed by atoms with Gasteiger partial charge in [0, 0.05) is 28.5 Å². The molecular weight excluding hydrogens is 533 g/mol. The van der Waals surface area contributed by atoms with Gasteiger partial charge >= 0.3 is 0 Å². The Morgan fingerprint density at radius 3 is 2.73 bits per heavy atom. The van der Waals surface area contributed by atoms with Crippen molar-refractivity contribution in [2.75, 3.05) is 23.8 Å². The number of fused-ring (bicyclic) bond motifs is 5. The highest BCUT2D eigenvalue weighted by Gasteiger charge is 2.57. The molecular formula is C29H38FN5O4S. The van der Waals surface area contributed by atoms with Crippen LogP contribution in [-0.2, 0) is 10.0 Å². The molecule has 1 saturated heterocycles. The Labute approximate surface area is 237 Å². The van der Waals surface area contributed by atoms with E-state index in [0.717, 1.165) is 13.0 Å². The second-order valence-electron chi connectivity index (χ2n) is 11.4. The number of hydrogen-bond acceptors (Lipinski definition) is 8. The fraction of sp³-hybridized carbons (Fsp3) is 0.414. The summed E-state index contributed by atoms with van der Waals surface area (Å²) in [6.45, 7) is 5.21. The maximum absolute atomic E-state index is 14.6. The number of nitrogen functional groups attached to an aromatic ring is 1. The molecule has 2 saturated carbocycles. The van der Waals surface area contributed by atoms with Crippen LogP contribution in [0.15, 0.2) is 53.6 Å². The molecule has 216 valence electrons. The maximum atomic E-state index is 14.6. The zero-order valence-corrected chi connectivity index (χ0v) is 23.2. The standard InChI is InChI=1S/C29H32FN5O4S.3H2/c1-16(2)15-39-21-12-19(11-20(30)13-21)24-9-8-22(29(36)34-40(37,38)26-5-3-4-25(31)33-26)28(32-24)35-14-23-17-6-7-18(10-17)27(23)35;;;/h3-5,8-9,11-13,16-18,23,27H,6-7,10,14-15H2,1-2H3,(H2,31,33)(H,34,36);3*1H. The normalized spacial score (nSPS) is 23.1. The summed E-state index contributed by atoms with van der Waals surface area (Å²) in [5, 5.41) is -0.349. The van der Waals surface area contributed by atoms with Crippen LogP contribution in [0.3, 0.4) is 0 Å². The smallest absolute Gasteiger partial charge is 0.281 e. The van der Waals surface area contributed by atoms with E-state index in [-0.39, 0.29) is 32.6 Å². The Bertz CT molecular complexity index is 1590. The number of benzene rings is 1. The average Bonchev–Trinajstić information content (AvgIpc) is 3.44. The Hall–Kier alpha value is -3.73. The molecule has 2 bridgehead atoms. The van der Waals surface area contributed by atoms with Crippen LogP contribution in [0.4, 0.5) is 16.0 Å². The Morgan fingerprint density at radius 2 is 1.98 bits per heavy atom. The van der Waals surface area contributed by atoms with Gasteiger partial charge in [0.15, 0.2) is 5.03 Å².